The molecule has 2 N–H and O–H groups in total. The summed E-state index contributed by atoms with van der Waals surface area (Å²) in [6, 6.07) is 5.90. The number of ether oxygens (including phenoxy) is 2. The minimum absolute atomic E-state index is 0.0474. The lowest BCUT2D eigenvalue weighted by Gasteiger charge is -2.29. The summed E-state index contributed by atoms with van der Waals surface area (Å²) in [4.78, 5) is 0. The van der Waals surface area contributed by atoms with Gasteiger partial charge in [-0.3, -0.25) is 0 Å². The summed E-state index contributed by atoms with van der Waals surface area (Å²) in [5.41, 5.74) is 8.26. The molecule has 76 valence electrons. The minimum Gasteiger partial charge on any atom is -0.496 e. The van der Waals surface area contributed by atoms with Crippen molar-refractivity contribution in [2.45, 2.75) is 25.7 Å². The van der Waals surface area contributed by atoms with Crippen molar-refractivity contribution in [1.82, 2.24) is 0 Å². The van der Waals surface area contributed by atoms with Gasteiger partial charge in [-0.15, -0.1) is 0 Å². The molecule has 0 unspecified atom stereocenters. The van der Waals surface area contributed by atoms with Gasteiger partial charge in [-0.1, -0.05) is 12.1 Å². The van der Waals surface area contributed by atoms with Crippen LogP contribution < -0.4 is 10.5 Å². The second-order valence-corrected chi connectivity index (χ2v) is 3.57. The van der Waals surface area contributed by atoms with E-state index < -0.39 is 0 Å². The summed E-state index contributed by atoms with van der Waals surface area (Å²) < 4.78 is 10.8. The number of methoxy groups -OCH3 is 1. The standard InChI is InChI=1S/C11H15NO2/c1-7-11(12)8-4-3-5-10(13-2)9(8)6-14-7/h3-5,7,11H,6,12H2,1-2H3/t7-,11+/m0/s1. The largest absolute Gasteiger partial charge is 0.496 e. The molecule has 1 aromatic rings. The normalized spacial score (nSPS) is 25.6. The first-order valence-electron chi connectivity index (χ1n) is 4.77. The molecule has 0 fully saturated rings. The van der Waals surface area contributed by atoms with Gasteiger partial charge in [-0.05, 0) is 18.6 Å². The summed E-state index contributed by atoms with van der Waals surface area (Å²) in [5.74, 6) is 0.866. The van der Waals surface area contributed by atoms with Crippen LogP contribution in [0.3, 0.4) is 0 Å². The van der Waals surface area contributed by atoms with Crippen LogP contribution in [0.5, 0.6) is 5.75 Å². The summed E-state index contributed by atoms with van der Waals surface area (Å²) >= 11 is 0. The van der Waals surface area contributed by atoms with Crippen molar-refractivity contribution in [2.75, 3.05) is 7.11 Å². The first-order valence-corrected chi connectivity index (χ1v) is 4.77. The molecule has 0 radical (unpaired) electrons. The Balaban J connectivity index is 2.47. The van der Waals surface area contributed by atoms with E-state index in [-0.39, 0.29) is 12.1 Å². The molecular weight excluding hydrogens is 178 g/mol. The van der Waals surface area contributed by atoms with Gasteiger partial charge in [-0.2, -0.15) is 0 Å². The van der Waals surface area contributed by atoms with E-state index in [0.29, 0.717) is 6.61 Å². The zero-order valence-corrected chi connectivity index (χ0v) is 8.49. The zero-order valence-electron chi connectivity index (χ0n) is 8.49. The number of hydrogen-bond acceptors (Lipinski definition) is 3. The maximum atomic E-state index is 6.03. The molecule has 2 rings (SSSR count). The molecule has 0 amide bonds. The molecule has 14 heavy (non-hydrogen) atoms. The van der Waals surface area contributed by atoms with E-state index in [4.69, 9.17) is 15.2 Å². The van der Waals surface area contributed by atoms with E-state index in [1.807, 2.05) is 25.1 Å². The van der Waals surface area contributed by atoms with Gasteiger partial charge in [-0.25, -0.2) is 0 Å². The molecule has 0 bridgehead atoms. The maximum absolute atomic E-state index is 6.03. The van der Waals surface area contributed by atoms with Crippen LogP contribution in [-0.4, -0.2) is 13.2 Å². The lowest BCUT2D eigenvalue weighted by molar-refractivity contribution is 0.0201. The zero-order chi connectivity index (χ0) is 10.1. The van der Waals surface area contributed by atoms with Crippen molar-refractivity contribution in [3.05, 3.63) is 29.3 Å². The van der Waals surface area contributed by atoms with Crippen LogP contribution >= 0.6 is 0 Å². The fourth-order valence-electron chi connectivity index (χ4n) is 1.81. The van der Waals surface area contributed by atoms with Gasteiger partial charge in [0.1, 0.15) is 5.75 Å². The monoisotopic (exact) mass is 193 g/mol. The van der Waals surface area contributed by atoms with E-state index in [1.165, 1.54) is 0 Å². The Bertz CT molecular complexity index is 338. The number of hydrogen-bond donors (Lipinski definition) is 1. The van der Waals surface area contributed by atoms with Crippen molar-refractivity contribution in [1.29, 1.82) is 0 Å². The highest BCUT2D eigenvalue weighted by Crippen LogP contribution is 2.33. The highest BCUT2D eigenvalue weighted by atomic mass is 16.5. The van der Waals surface area contributed by atoms with Gasteiger partial charge in [0.25, 0.3) is 0 Å². The molecule has 0 saturated carbocycles. The quantitative estimate of drug-likeness (QED) is 0.737. The van der Waals surface area contributed by atoms with E-state index >= 15 is 0 Å². The molecule has 0 saturated heterocycles. The van der Waals surface area contributed by atoms with Crippen molar-refractivity contribution in [2.24, 2.45) is 5.73 Å². The van der Waals surface area contributed by atoms with Crippen LogP contribution in [0.4, 0.5) is 0 Å². The molecule has 3 nitrogen and oxygen atoms in total. The van der Waals surface area contributed by atoms with Gasteiger partial charge in [0.15, 0.2) is 0 Å². The fourth-order valence-corrected chi connectivity index (χ4v) is 1.81. The maximum Gasteiger partial charge on any atom is 0.124 e. The van der Waals surface area contributed by atoms with Crippen molar-refractivity contribution < 1.29 is 9.47 Å². The third-order valence-electron chi connectivity index (χ3n) is 2.74. The Morgan fingerprint density at radius 3 is 3.00 bits per heavy atom. The Morgan fingerprint density at radius 1 is 1.50 bits per heavy atom. The smallest absolute Gasteiger partial charge is 0.124 e. The van der Waals surface area contributed by atoms with Gasteiger partial charge < -0.3 is 15.2 Å². The van der Waals surface area contributed by atoms with Crippen LogP contribution in [0.1, 0.15) is 24.1 Å². The summed E-state index contributed by atoms with van der Waals surface area (Å²) in [5, 5.41) is 0. The van der Waals surface area contributed by atoms with Crippen molar-refractivity contribution >= 4 is 0 Å². The average molecular weight is 193 g/mol. The van der Waals surface area contributed by atoms with E-state index in [0.717, 1.165) is 16.9 Å². The first-order chi connectivity index (χ1) is 6.74. The number of benzene rings is 1. The lowest BCUT2D eigenvalue weighted by atomic mass is 9.95. The third-order valence-corrected chi connectivity index (χ3v) is 2.74. The van der Waals surface area contributed by atoms with Crippen molar-refractivity contribution in [3.8, 4) is 5.75 Å². The van der Waals surface area contributed by atoms with E-state index in [9.17, 15) is 0 Å². The second-order valence-electron chi connectivity index (χ2n) is 3.57. The molecular formula is C11H15NO2. The topological polar surface area (TPSA) is 44.5 Å². The molecule has 2 atom stereocenters. The lowest BCUT2D eigenvalue weighted by Crippen LogP contribution is -2.31. The summed E-state index contributed by atoms with van der Waals surface area (Å²) in [6.07, 6.45) is 0.0783. The highest BCUT2D eigenvalue weighted by molar-refractivity contribution is 5.42. The minimum atomic E-state index is -0.0474. The number of nitrogens with two attached hydrogens (primary N) is 1. The highest BCUT2D eigenvalue weighted by Gasteiger charge is 2.25. The summed E-state index contributed by atoms with van der Waals surface area (Å²) in [6.45, 7) is 2.58. The predicted molar refractivity (Wildman–Crippen MR) is 54.2 cm³/mol. The molecule has 3 heteroatoms. The van der Waals surface area contributed by atoms with Crippen LogP contribution in [0, 0.1) is 0 Å². The molecule has 0 aromatic heterocycles. The van der Waals surface area contributed by atoms with Crippen LogP contribution in [0.25, 0.3) is 0 Å². The number of fused-ring (bicyclic) bond motifs is 1. The summed E-state index contributed by atoms with van der Waals surface area (Å²) in [7, 11) is 1.67. The molecule has 1 aromatic carbocycles. The molecule has 0 spiro atoms. The van der Waals surface area contributed by atoms with Gasteiger partial charge >= 0.3 is 0 Å². The van der Waals surface area contributed by atoms with Crippen LogP contribution in [0.15, 0.2) is 18.2 Å². The van der Waals surface area contributed by atoms with E-state index in [1.54, 1.807) is 7.11 Å². The van der Waals surface area contributed by atoms with Gasteiger partial charge in [0, 0.05) is 5.56 Å². The van der Waals surface area contributed by atoms with Crippen LogP contribution in [0.2, 0.25) is 0 Å². The van der Waals surface area contributed by atoms with Crippen molar-refractivity contribution in [3.63, 3.8) is 0 Å². The Kier molecular flexibility index (Phi) is 2.44. The first kappa shape index (κ1) is 9.49. The third kappa shape index (κ3) is 1.38. The molecule has 1 aliphatic rings. The Hall–Kier alpha value is -1.06. The average Bonchev–Trinajstić information content (AvgIpc) is 2.23. The molecule has 1 heterocycles. The molecule has 0 aliphatic carbocycles. The Morgan fingerprint density at radius 2 is 2.29 bits per heavy atom. The fraction of sp³-hybridized carbons (Fsp3) is 0.455. The van der Waals surface area contributed by atoms with Gasteiger partial charge in [0.2, 0.25) is 0 Å². The number of rotatable bonds is 1. The SMILES string of the molecule is COc1cccc2c1CO[C@@H](C)[C@H]2N. The van der Waals surface area contributed by atoms with E-state index in [2.05, 4.69) is 0 Å². The van der Waals surface area contributed by atoms with Gasteiger partial charge in [0.05, 0.1) is 25.9 Å². The molecule has 1 aliphatic heterocycles. The Labute approximate surface area is 83.8 Å². The predicted octanol–water partition coefficient (Wildman–Crippen LogP) is 1.61. The second kappa shape index (κ2) is 3.59. The van der Waals surface area contributed by atoms with Crippen LogP contribution in [-0.2, 0) is 11.3 Å².